The van der Waals surface area contributed by atoms with Crippen LogP contribution in [0.15, 0.2) is 118 Å². The number of ether oxygens (including phenoxy) is 1. The molecule has 0 spiro atoms. The van der Waals surface area contributed by atoms with Gasteiger partial charge in [-0.05, 0) is 65.4 Å². The molecule has 0 saturated carbocycles. The van der Waals surface area contributed by atoms with Crippen molar-refractivity contribution in [2.75, 3.05) is 7.11 Å². The van der Waals surface area contributed by atoms with E-state index in [1.54, 1.807) is 23.2 Å². The van der Waals surface area contributed by atoms with E-state index >= 15 is 0 Å². The second kappa shape index (κ2) is 10.9. The molecule has 4 aromatic carbocycles. The van der Waals surface area contributed by atoms with E-state index in [2.05, 4.69) is 6.07 Å². The minimum absolute atomic E-state index is 0.347. The van der Waals surface area contributed by atoms with Gasteiger partial charge in [-0.25, -0.2) is 14.5 Å². The molecular formula is C35H22N4O3S. The van der Waals surface area contributed by atoms with E-state index in [1.165, 1.54) is 11.3 Å². The summed E-state index contributed by atoms with van der Waals surface area (Å²) >= 11 is 1.30. The van der Waals surface area contributed by atoms with Crippen molar-refractivity contribution in [1.29, 1.82) is 5.26 Å². The Balaban J connectivity index is 1.32. The third-order valence-electron chi connectivity index (χ3n) is 7.20. The molecule has 43 heavy (non-hydrogen) atoms. The Morgan fingerprint density at radius 3 is 2.56 bits per heavy atom. The summed E-state index contributed by atoms with van der Waals surface area (Å²) in [7, 11) is 1.62. The Morgan fingerprint density at radius 1 is 0.977 bits per heavy atom. The first-order valence-corrected chi connectivity index (χ1v) is 14.3. The van der Waals surface area contributed by atoms with E-state index in [4.69, 9.17) is 19.2 Å². The molecule has 7 nitrogen and oxygen atoms in total. The summed E-state index contributed by atoms with van der Waals surface area (Å²) in [6, 6.07) is 33.2. The maximum absolute atomic E-state index is 13.0. The number of hydrogen-bond acceptors (Lipinski definition) is 7. The molecule has 0 atom stereocenters. The number of rotatable bonds is 6. The van der Waals surface area contributed by atoms with Gasteiger partial charge in [-0.2, -0.15) is 10.4 Å². The molecule has 0 saturated heterocycles. The third kappa shape index (κ3) is 4.88. The van der Waals surface area contributed by atoms with Gasteiger partial charge in [0.25, 0.3) is 0 Å². The number of thiazole rings is 1. The number of nitrogens with zero attached hydrogens (tertiary/aromatic N) is 4. The van der Waals surface area contributed by atoms with E-state index in [0.29, 0.717) is 33.1 Å². The summed E-state index contributed by atoms with van der Waals surface area (Å²) in [5.41, 5.74) is 4.42. The Morgan fingerprint density at radius 2 is 1.77 bits per heavy atom. The largest absolute Gasteiger partial charge is 0.497 e. The number of para-hydroxylation sites is 1. The fraction of sp³-hybridized carbons (Fsp3) is 0.0286. The van der Waals surface area contributed by atoms with Gasteiger partial charge < -0.3 is 9.15 Å². The van der Waals surface area contributed by atoms with Crippen molar-refractivity contribution in [3.63, 3.8) is 0 Å². The van der Waals surface area contributed by atoms with Crippen LogP contribution in [0.5, 0.6) is 5.75 Å². The second-order valence-corrected chi connectivity index (χ2v) is 10.7. The van der Waals surface area contributed by atoms with E-state index in [1.807, 2.05) is 103 Å². The highest BCUT2D eigenvalue weighted by Crippen LogP contribution is 2.32. The van der Waals surface area contributed by atoms with Crippen LogP contribution in [-0.4, -0.2) is 21.9 Å². The van der Waals surface area contributed by atoms with Crippen LogP contribution in [0.2, 0.25) is 0 Å². The lowest BCUT2D eigenvalue weighted by molar-refractivity contribution is 0.415. The molecule has 0 fully saturated rings. The summed E-state index contributed by atoms with van der Waals surface area (Å²) in [5, 5.41) is 20.2. The van der Waals surface area contributed by atoms with Gasteiger partial charge in [0, 0.05) is 28.1 Å². The number of fused-ring (bicyclic) bond motifs is 3. The molecule has 3 heterocycles. The molecule has 0 aliphatic rings. The van der Waals surface area contributed by atoms with E-state index in [0.717, 1.165) is 38.7 Å². The molecule has 0 N–H and O–H groups in total. The van der Waals surface area contributed by atoms with Gasteiger partial charge in [0.1, 0.15) is 22.4 Å². The molecule has 0 radical (unpaired) electrons. The van der Waals surface area contributed by atoms with Crippen molar-refractivity contribution in [3.8, 4) is 40.0 Å². The highest BCUT2D eigenvalue weighted by Gasteiger charge is 2.17. The van der Waals surface area contributed by atoms with Crippen LogP contribution in [-0.2, 0) is 0 Å². The Labute approximate surface area is 250 Å². The van der Waals surface area contributed by atoms with Crippen LogP contribution >= 0.6 is 11.3 Å². The van der Waals surface area contributed by atoms with Crippen molar-refractivity contribution >= 4 is 44.7 Å². The zero-order valence-electron chi connectivity index (χ0n) is 22.9. The summed E-state index contributed by atoms with van der Waals surface area (Å²) in [4.78, 5) is 17.7. The molecule has 0 bridgehead atoms. The van der Waals surface area contributed by atoms with Crippen LogP contribution < -0.4 is 10.4 Å². The highest BCUT2D eigenvalue weighted by molar-refractivity contribution is 7.11. The zero-order chi connectivity index (χ0) is 29.3. The maximum Gasteiger partial charge on any atom is 0.345 e. The van der Waals surface area contributed by atoms with Gasteiger partial charge in [0.2, 0.25) is 0 Å². The van der Waals surface area contributed by atoms with Gasteiger partial charge in [-0.15, -0.1) is 11.3 Å². The number of nitriles is 1. The molecule has 0 unspecified atom stereocenters. The summed E-state index contributed by atoms with van der Waals surface area (Å²) < 4.78 is 12.8. The smallest absolute Gasteiger partial charge is 0.345 e. The van der Waals surface area contributed by atoms with Gasteiger partial charge in [0.05, 0.1) is 35.3 Å². The Bertz CT molecular complexity index is 2260. The molecule has 7 aromatic rings. The number of methoxy groups -OCH3 is 1. The maximum atomic E-state index is 13.0. The normalized spacial score (nSPS) is 11.6. The van der Waals surface area contributed by atoms with Crippen LogP contribution in [0, 0.1) is 11.3 Å². The predicted molar refractivity (Wildman–Crippen MR) is 170 cm³/mol. The average Bonchev–Trinajstić information content (AvgIpc) is 3.72. The lowest BCUT2D eigenvalue weighted by atomic mass is 10.0. The lowest BCUT2D eigenvalue weighted by Gasteiger charge is -2.04. The van der Waals surface area contributed by atoms with E-state index in [-0.39, 0.29) is 0 Å². The molecule has 8 heteroatoms. The summed E-state index contributed by atoms with van der Waals surface area (Å²) in [6.07, 6.45) is 3.68. The van der Waals surface area contributed by atoms with Crippen LogP contribution in [0.1, 0.15) is 10.6 Å². The molecule has 3 aromatic heterocycles. The SMILES string of the molecule is COc1ccc(-c2nn(-c3ccccc3)cc2/C=C(\C#N)c2nc(-c3cc4c(ccc5ccccc54)oc3=O)cs2)cc1. The molecule has 0 aliphatic carbocycles. The van der Waals surface area contributed by atoms with Crippen LogP contribution in [0.4, 0.5) is 0 Å². The van der Waals surface area contributed by atoms with Gasteiger partial charge >= 0.3 is 5.63 Å². The number of benzene rings is 4. The molecule has 0 amide bonds. The fourth-order valence-corrected chi connectivity index (χ4v) is 5.83. The summed E-state index contributed by atoms with van der Waals surface area (Å²) in [5.74, 6) is 0.738. The minimum atomic E-state index is -0.479. The molecule has 7 rings (SSSR count). The monoisotopic (exact) mass is 578 g/mol. The first kappa shape index (κ1) is 26.1. The van der Waals surface area contributed by atoms with Crippen molar-refractivity contribution in [2.45, 2.75) is 0 Å². The number of hydrogen-bond donors (Lipinski definition) is 0. The zero-order valence-corrected chi connectivity index (χ0v) is 23.7. The van der Waals surface area contributed by atoms with Crippen molar-refractivity contribution in [1.82, 2.24) is 14.8 Å². The van der Waals surface area contributed by atoms with Crippen molar-refractivity contribution in [2.24, 2.45) is 0 Å². The third-order valence-corrected chi connectivity index (χ3v) is 8.08. The van der Waals surface area contributed by atoms with Crippen molar-refractivity contribution in [3.05, 3.63) is 130 Å². The first-order chi connectivity index (χ1) is 21.1. The van der Waals surface area contributed by atoms with E-state index in [9.17, 15) is 10.1 Å². The van der Waals surface area contributed by atoms with Crippen LogP contribution in [0.3, 0.4) is 0 Å². The first-order valence-electron chi connectivity index (χ1n) is 13.4. The molecule has 0 aliphatic heterocycles. The highest BCUT2D eigenvalue weighted by atomic mass is 32.1. The minimum Gasteiger partial charge on any atom is -0.497 e. The Hall–Kier alpha value is -5.78. The second-order valence-electron chi connectivity index (χ2n) is 9.80. The number of aromatic nitrogens is 3. The van der Waals surface area contributed by atoms with E-state index < -0.39 is 5.63 Å². The average molecular weight is 579 g/mol. The summed E-state index contributed by atoms with van der Waals surface area (Å²) in [6.45, 7) is 0. The molecule has 206 valence electrons. The van der Waals surface area contributed by atoms with Crippen LogP contribution in [0.25, 0.3) is 61.6 Å². The number of allylic oxidation sites excluding steroid dienone is 1. The van der Waals surface area contributed by atoms with Crippen molar-refractivity contribution < 1.29 is 9.15 Å². The molecular weight excluding hydrogens is 556 g/mol. The Kier molecular flexibility index (Phi) is 6.62. The van der Waals surface area contributed by atoms with Gasteiger partial charge in [0.15, 0.2) is 0 Å². The lowest BCUT2D eigenvalue weighted by Crippen LogP contribution is -2.03. The quantitative estimate of drug-likeness (QED) is 0.113. The standard InChI is InChI=1S/C35H22N4O3S/c1-41-27-14-11-23(12-15-27)33-25(20-39(38-33)26-8-3-2-4-9-26)17-24(19-36)34-37-31(21-43-34)30-18-29-28-10-6-5-7-22(28)13-16-32(29)42-35(30)40/h2-18,20-21H,1H3/b24-17+. The predicted octanol–water partition coefficient (Wildman–Crippen LogP) is 8.00. The van der Waals surface area contributed by atoms with Gasteiger partial charge in [-0.3, -0.25) is 0 Å². The van der Waals surface area contributed by atoms with Gasteiger partial charge in [-0.1, -0.05) is 48.5 Å². The fourth-order valence-electron chi connectivity index (χ4n) is 5.05. The topological polar surface area (TPSA) is 93.9 Å².